The Kier molecular flexibility index (Phi) is 7.52. The third-order valence-corrected chi connectivity index (χ3v) is 5.89. The molecule has 1 heterocycles. The number of carbonyl (C=O) groups excluding carboxylic acids is 2. The molecule has 2 aromatic carbocycles. The molecule has 0 bridgehead atoms. The van der Waals surface area contributed by atoms with Crippen LogP contribution in [0.2, 0.25) is 0 Å². The van der Waals surface area contributed by atoms with Crippen molar-refractivity contribution >= 4 is 11.8 Å². The molecule has 2 amide bonds. The average Bonchev–Trinajstić information content (AvgIpc) is 2.78. The first-order valence-electron chi connectivity index (χ1n) is 10.5. The molecule has 2 N–H and O–H groups in total. The maximum Gasteiger partial charge on any atom is 0.237 e. The molecule has 0 unspecified atom stereocenters. The molecule has 1 fully saturated rings. The number of piperazine rings is 1. The maximum absolute atomic E-state index is 12.6. The van der Waals surface area contributed by atoms with Crippen LogP contribution in [0.15, 0.2) is 36.4 Å². The lowest BCUT2D eigenvalue weighted by atomic mass is 10.00. The molecule has 2 aromatic rings. The van der Waals surface area contributed by atoms with Gasteiger partial charge in [-0.3, -0.25) is 14.5 Å². The molecule has 166 valence electrons. The summed E-state index contributed by atoms with van der Waals surface area (Å²) >= 11 is 0. The number of nitrogens with one attached hydrogen (secondary N) is 2. The molecular formula is C24H31N3O4. The van der Waals surface area contributed by atoms with Gasteiger partial charge in [-0.1, -0.05) is 18.2 Å². The highest BCUT2D eigenvalue weighted by atomic mass is 16.5. The van der Waals surface area contributed by atoms with Crippen molar-refractivity contribution in [1.29, 1.82) is 0 Å². The predicted octanol–water partition coefficient (Wildman–Crippen LogP) is 2.33. The number of ether oxygens (including phenoxy) is 2. The normalized spacial score (nSPS) is 16.5. The molecule has 0 radical (unpaired) electrons. The van der Waals surface area contributed by atoms with E-state index in [1.807, 2.05) is 43.3 Å². The van der Waals surface area contributed by atoms with Crippen molar-refractivity contribution in [2.24, 2.45) is 0 Å². The van der Waals surface area contributed by atoms with Gasteiger partial charge in [0, 0.05) is 26.2 Å². The zero-order chi connectivity index (χ0) is 22.4. The van der Waals surface area contributed by atoms with E-state index in [9.17, 15) is 9.59 Å². The highest BCUT2D eigenvalue weighted by Crippen LogP contribution is 2.26. The van der Waals surface area contributed by atoms with Gasteiger partial charge in [0.15, 0.2) is 0 Å². The van der Waals surface area contributed by atoms with Crippen molar-refractivity contribution in [1.82, 2.24) is 15.5 Å². The number of methoxy groups -OCH3 is 2. The van der Waals surface area contributed by atoms with Gasteiger partial charge in [-0.25, -0.2) is 0 Å². The number of nitrogens with zero attached hydrogens (tertiary/aromatic N) is 1. The number of rotatable bonds is 8. The Morgan fingerprint density at radius 2 is 1.97 bits per heavy atom. The van der Waals surface area contributed by atoms with Crippen LogP contribution in [0.5, 0.6) is 11.5 Å². The highest BCUT2D eigenvalue weighted by molar-refractivity contribution is 5.88. The second-order valence-corrected chi connectivity index (χ2v) is 7.79. The number of amides is 2. The largest absolute Gasteiger partial charge is 0.497 e. The molecule has 7 nitrogen and oxygen atoms in total. The van der Waals surface area contributed by atoms with Crippen molar-refractivity contribution in [2.45, 2.75) is 39.4 Å². The second-order valence-electron chi connectivity index (χ2n) is 7.79. The minimum atomic E-state index is -0.499. The fraction of sp³-hybridized carbons (Fsp3) is 0.417. The first-order valence-corrected chi connectivity index (χ1v) is 10.5. The summed E-state index contributed by atoms with van der Waals surface area (Å²) in [6, 6.07) is 11.0. The number of hydrogen-bond acceptors (Lipinski definition) is 5. The average molecular weight is 426 g/mol. The molecule has 0 saturated carbocycles. The van der Waals surface area contributed by atoms with Crippen molar-refractivity contribution in [2.75, 3.05) is 27.3 Å². The third kappa shape index (κ3) is 5.55. The van der Waals surface area contributed by atoms with Crippen molar-refractivity contribution < 1.29 is 19.1 Å². The Morgan fingerprint density at radius 3 is 2.71 bits per heavy atom. The monoisotopic (exact) mass is 425 g/mol. The van der Waals surface area contributed by atoms with Crippen LogP contribution >= 0.6 is 0 Å². The van der Waals surface area contributed by atoms with Gasteiger partial charge >= 0.3 is 0 Å². The van der Waals surface area contributed by atoms with Crippen LogP contribution < -0.4 is 20.1 Å². The SMILES string of the molecule is COc1cccc(CNC(=O)C[C@@H]2C(=O)NCCN2Cc2ccc(OC)c(C)c2C)c1. The Balaban J connectivity index is 1.66. The van der Waals surface area contributed by atoms with Gasteiger partial charge in [-0.2, -0.15) is 0 Å². The van der Waals surface area contributed by atoms with Crippen LogP contribution in [0, 0.1) is 13.8 Å². The summed E-state index contributed by atoms with van der Waals surface area (Å²) in [7, 11) is 3.27. The Hall–Kier alpha value is -3.06. The van der Waals surface area contributed by atoms with Crippen LogP contribution in [0.4, 0.5) is 0 Å². The first kappa shape index (κ1) is 22.6. The summed E-state index contributed by atoms with van der Waals surface area (Å²) in [6.45, 7) is 6.37. The Labute approximate surface area is 183 Å². The quantitative estimate of drug-likeness (QED) is 0.679. The second kappa shape index (κ2) is 10.3. The van der Waals surface area contributed by atoms with Crippen LogP contribution in [0.3, 0.4) is 0 Å². The lowest BCUT2D eigenvalue weighted by Crippen LogP contribution is -2.56. The molecule has 0 aromatic heterocycles. The van der Waals surface area contributed by atoms with E-state index in [4.69, 9.17) is 9.47 Å². The third-order valence-electron chi connectivity index (χ3n) is 5.89. The predicted molar refractivity (Wildman–Crippen MR) is 119 cm³/mol. The summed E-state index contributed by atoms with van der Waals surface area (Å²) < 4.78 is 10.6. The highest BCUT2D eigenvalue weighted by Gasteiger charge is 2.31. The van der Waals surface area contributed by atoms with E-state index in [0.717, 1.165) is 33.8 Å². The van der Waals surface area contributed by atoms with Crippen LogP contribution in [0.25, 0.3) is 0 Å². The number of benzene rings is 2. The number of hydrogen-bond donors (Lipinski definition) is 2. The standard InChI is InChI=1S/C24H31N3O4/c1-16-17(2)22(31-4)9-8-19(16)15-27-11-10-25-24(29)21(27)13-23(28)26-14-18-6-5-7-20(12-18)30-3/h5-9,12,21H,10-11,13-15H2,1-4H3,(H,25,29)(H,26,28)/t21-/m1/s1. The molecule has 1 aliphatic rings. The lowest BCUT2D eigenvalue weighted by molar-refractivity contribution is -0.134. The van der Waals surface area contributed by atoms with Gasteiger partial charge in [-0.05, 0) is 54.3 Å². The lowest BCUT2D eigenvalue weighted by Gasteiger charge is -2.35. The maximum atomic E-state index is 12.6. The first-order chi connectivity index (χ1) is 14.9. The summed E-state index contributed by atoms with van der Waals surface area (Å²) in [5.74, 6) is 1.34. The van der Waals surface area contributed by atoms with Gasteiger partial charge in [0.05, 0.1) is 26.7 Å². The van der Waals surface area contributed by atoms with Crippen molar-refractivity contribution in [3.63, 3.8) is 0 Å². The molecule has 1 atom stereocenters. The van der Waals surface area contributed by atoms with Crippen molar-refractivity contribution in [3.05, 3.63) is 58.7 Å². The van der Waals surface area contributed by atoms with E-state index >= 15 is 0 Å². The summed E-state index contributed by atoms with van der Waals surface area (Å²) in [5, 5.41) is 5.81. The topological polar surface area (TPSA) is 79.9 Å². The van der Waals surface area contributed by atoms with E-state index < -0.39 is 6.04 Å². The van der Waals surface area contributed by atoms with E-state index in [1.54, 1.807) is 14.2 Å². The fourth-order valence-electron chi connectivity index (χ4n) is 3.87. The van der Waals surface area contributed by atoms with Crippen LogP contribution in [0.1, 0.15) is 28.7 Å². The minimum Gasteiger partial charge on any atom is -0.497 e. The molecule has 0 spiro atoms. The van der Waals surface area contributed by atoms with Gasteiger partial charge in [-0.15, -0.1) is 0 Å². The van der Waals surface area contributed by atoms with Gasteiger partial charge in [0.25, 0.3) is 0 Å². The Bertz CT molecular complexity index is 944. The summed E-state index contributed by atoms with van der Waals surface area (Å²) in [4.78, 5) is 27.3. The van der Waals surface area contributed by atoms with E-state index in [0.29, 0.717) is 26.2 Å². The number of carbonyl (C=O) groups is 2. The van der Waals surface area contributed by atoms with Gasteiger partial charge < -0.3 is 20.1 Å². The molecule has 1 saturated heterocycles. The molecular weight excluding hydrogens is 394 g/mol. The summed E-state index contributed by atoms with van der Waals surface area (Å²) in [6.07, 6.45) is 0.115. The van der Waals surface area contributed by atoms with Crippen molar-refractivity contribution in [3.8, 4) is 11.5 Å². The van der Waals surface area contributed by atoms with Gasteiger partial charge in [0.2, 0.25) is 11.8 Å². The minimum absolute atomic E-state index is 0.106. The summed E-state index contributed by atoms with van der Waals surface area (Å²) in [5.41, 5.74) is 4.32. The molecule has 7 heteroatoms. The molecule has 3 rings (SSSR count). The van der Waals surface area contributed by atoms with E-state index in [2.05, 4.69) is 22.5 Å². The molecule has 1 aliphatic heterocycles. The zero-order valence-corrected chi connectivity index (χ0v) is 18.7. The van der Waals surface area contributed by atoms with E-state index in [1.165, 1.54) is 0 Å². The van der Waals surface area contributed by atoms with Crippen LogP contribution in [-0.4, -0.2) is 50.1 Å². The molecule has 31 heavy (non-hydrogen) atoms. The smallest absolute Gasteiger partial charge is 0.237 e. The van der Waals surface area contributed by atoms with E-state index in [-0.39, 0.29) is 18.2 Å². The fourth-order valence-corrected chi connectivity index (χ4v) is 3.87. The zero-order valence-electron chi connectivity index (χ0n) is 18.7. The van der Waals surface area contributed by atoms with Gasteiger partial charge in [0.1, 0.15) is 11.5 Å². The Morgan fingerprint density at radius 1 is 1.16 bits per heavy atom. The molecule has 0 aliphatic carbocycles. The van der Waals surface area contributed by atoms with Crippen LogP contribution in [-0.2, 0) is 22.7 Å².